The van der Waals surface area contributed by atoms with Gasteiger partial charge in [0.15, 0.2) is 0 Å². The van der Waals surface area contributed by atoms with E-state index >= 15 is 0 Å². The zero-order valence-corrected chi connectivity index (χ0v) is 10.7. The van der Waals surface area contributed by atoms with Crippen LogP contribution in [0, 0.1) is 5.92 Å². The summed E-state index contributed by atoms with van der Waals surface area (Å²) in [5, 5.41) is 3.61. The molecular formula is C14H23NO. The monoisotopic (exact) mass is 221 g/mol. The standard InChI is InChI=1S/C14H23NO/c1-11(2)14(10-16-4)15-12(3)13-8-6-5-7-9-13/h5-9,11-12,14-15H,10H2,1-4H3/t12-,14-/m1/s1. The third kappa shape index (κ3) is 3.95. The van der Waals surface area contributed by atoms with Crippen LogP contribution in [-0.4, -0.2) is 19.8 Å². The molecule has 0 saturated carbocycles. The molecule has 0 saturated heterocycles. The Kier molecular flexibility index (Phi) is 5.50. The van der Waals surface area contributed by atoms with E-state index in [4.69, 9.17) is 4.74 Å². The van der Waals surface area contributed by atoms with Crippen LogP contribution in [0.1, 0.15) is 32.4 Å². The number of nitrogens with one attached hydrogen (secondary N) is 1. The van der Waals surface area contributed by atoms with Crippen LogP contribution in [0.2, 0.25) is 0 Å². The van der Waals surface area contributed by atoms with Gasteiger partial charge in [-0.3, -0.25) is 0 Å². The van der Waals surface area contributed by atoms with Gasteiger partial charge >= 0.3 is 0 Å². The number of benzene rings is 1. The zero-order chi connectivity index (χ0) is 12.0. The SMILES string of the molecule is COC[C@@H](N[C@H](C)c1ccccc1)C(C)C. The van der Waals surface area contributed by atoms with E-state index < -0.39 is 0 Å². The molecule has 90 valence electrons. The van der Waals surface area contributed by atoms with Gasteiger partial charge in [-0.2, -0.15) is 0 Å². The first-order valence-electron chi connectivity index (χ1n) is 5.95. The summed E-state index contributed by atoms with van der Waals surface area (Å²) in [5.41, 5.74) is 1.32. The van der Waals surface area contributed by atoms with Gasteiger partial charge in [-0.25, -0.2) is 0 Å². The lowest BCUT2D eigenvalue weighted by molar-refractivity contribution is 0.141. The lowest BCUT2D eigenvalue weighted by Crippen LogP contribution is -2.39. The average molecular weight is 221 g/mol. The maximum Gasteiger partial charge on any atom is 0.0618 e. The maximum atomic E-state index is 5.24. The lowest BCUT2D eigenvalue weighted by atomic mass is 10.0. The van der Waals surface area contributed by atoms with Crippen LogP contribution in [0.15, 0.2) is 30.3 Å². The number of methoxy groups -OCH3 is 1. The van der Waals surface area contributed by atoms with E-state index in [1.165, 1.54) is 5.56 Å². The van der Waals surface area contributed by atoms with Crippen LogP contribution in [0.5, 0.6) is 0 Å². The van der Waals surface area contributed by atoms with Crippen LogP contribution in [0.3, 0.4) is 0 Å². The van der Waals surface area contributed by atoms with Crippen molar-refractivity contribution in [2.75, 3.05) is 13.7 Å². The molecule has 2 heteroatoms. The second kappa shape index (κ2) is 6.66. The van der Waals surface area contributed by atoms with Crippen molar-refractivity contribution in [3.05, 3.63) is 35.9 Å². The summed E-state index contributed by atoms with van der Waals surface area (Å²) in [6.45, 7) is 7.39. The number of ether oxygens (including phenoxy) is 1. The highest BCUT2D eigenvalue weighted by Gasteiger charge is 2.16. The fourth-order valence-electron chi connectivity index (χ4n) is 1.77. The Labute approximate surface area is 99.0 Å². The molecule has 0 bridgehead atoms. The molecule has 2 nitrogen and oxygen atoms in total. The third-order valence-corrected chi connectivity index (χ3v) is 2.91. The van der Waals surface area contributed by atoms with E-state index in [1.807, 2.05) is 6.07 Å². The summed E-state index contributed by atoms with van der Waals surface area (Å²) in [6, 6.07) is 11.3. The summed E-state index contributed by atoms with van der Waals surface area (Å²) < 4.78 is 5.24. The van der Waals surface area contributed by atoms with Crippen molar-refractivity contribution in [1.29, 1.82) is 0 Å². The number of rotatable bonds is 6. The van der Waals surface area contributed by atoms with Crippen LogP contribution >= 0.6 is 0 Å². The van der Waals surface area contributed by atoms with Crippen molar-refractivity contribution in [1.82, 2.24) is 5.32 Å². The molecule has 1 N–H and O–H groups in total. The molecule has 0 radical (unpaired) electrons. The Morgan fingerprint density at radius 3 is 2.25 bits per heavy atom. The molecule has 0 unspecified atom stereocenters. The molecular weight excluding hydrogens is 198 g/mol. The molecule has 0 aliphatic rings. The van der Waals surface area contributed by atoms with Gasteiger partial charge in [0.25, 0.3) is 0 Å². The topological polar surface area (TPSA) is 21.3 Å². The van der Waals surface area contributed by atoms with E-state index in [0.29, 0.717) is 18.0 Å². The molecule has 0 spiro atoms. The largest absolute Gasteiger partial charge is 0.383 e. The molecule has 0 amide bonds. The quantitative estimate of drug-likeness (QED) is 0.797. The highest BCUT2D eigenvalue weighted by Crippen LogP contribution is 2.14. The van der Waals surface area contributed by atoms with Gasteiger partial charge in [0.05, 0.1) is 6.61 Å². The van der Waals surface area contributed by atoms with Crippen molar-refractivity contribution in [2.24, 2.45) is 5.92 Å². The first-order valence-corrected chi connectivity index (χ1v) is 5.95. The molecule has 0 aliphatic heterocycles. The lowest BCUT2D eigenvalue weighted by Gasteiger charge is -2.26. The predicted octanol–water partition coefficient (Wildman–Crippen LogP) is 3.01. The fourth-order valence-corrected chi connectivity index (χ4v) is 1.77. The Morgan fingerprint density at radius 2 is 1.75 bits per heavy atom. The van der Waals surface area contributed by atoms with Gasteiger partial charge in [-0.05, 0) is 18.4 Å². The smallest absolute Gasteiger partial charge is 0.0618 e. The Hall–Kier alpha value is -0.860. The van der Waals surface area contributed by atoms with E-state index in [-0.39, 0.29) is 0 Å². The molecule has 1 rings (SSSR count). The minimum atomic E-state index is 0.365. The van der Waals surface area contributed by atoms with Gasteiger partial charge in [0, 0.05) is 19.2 Å². The van der Waals surface area contributed by atoms with Crippen LogP contribution < -0.4 is 5.32 Å². The molecule has 0 aliphatic carbocycles. The summed E-state index contributed by atoms with van der Waals surface area (Å²) in [6.07, 6.45) is 0. The van der Waals surface area contributed by atoms with Crippen molar-refractivity contribution in [3.8, 4) is 0 Å². The van der Waals surface area contributed by atoms with Crippen molar-refractivity contribution >= 4 is 0 Å². The molecule has 16 heavy (non-hydrogen) atoms. The van der Waals surface area contributed by atoms with Gasteiger partial charge in [-0.1, -0.05) is 44.2 Å². The molecule has 0 heterocycles. The molecule has 1 aromatic rings. The van der Waals surface area contributed by atoms with E-state index in [1.54, 1.807) is 7.11 Å². The van der Waals surface area contributed by atoms with Gasteiger partial charge in [0.1, 0.15) is 0 Å². The first-order chi connectivity index (χ1) is 7.65. The minimum absolute atomic E-state index is 0.365. The predicted molar refractivity (Wildman–Crippen MR) is 68.5 cm³/mol. The van der Waals surface area contributed by atoms with Gasteiger partial charge < -0.3 is 10.1 Å². The minimum Gasteiger partial charge on any atom is -0.383 e. The summed E-state index contributed by atoms with van der Waals surface area (Å²) in [4.78, 5) is 0. The van der Waals surface area contributed by atoms with E-state index in [0.717, 1.165) is 6.61 Å². The zero-order valence-electron chi connectivity index (χ0n) is 10.7. The van der Waals surface area contributed by atoms with Crippen LogP contribution in [0.25, 0.3) is 0 Å². The van der Waals surface area contributed by atoms with Crippen LogP contribution in [-0.2, 0) is 4.74 Å². The number of hydrogen-bond acceptors (Lipinski definition) is 2. The fraction of sp³-hybridized carbons (Fsp3) is 0.571. The summed E-state index contributed by atoms with van der Waals surface area (Å²) in [7, 11) is 1.75. The van der Waals surface area contributed by atoms with E-state index in [9.17, 15) is 0 Å². The third-order valence-electron chi connectivity index (χ3n) is 2.91. The summed E-state index contributed by atoms with van der Waals surface area (Å²) in [5.74, 6) is 0.575. The highest BCUT2D eigenvalue weighted by atomic mass is 16.5. The average Bonchev–Trinajstić information content (AvgIpc) is 2.29. The normalized spacial score (nSPS) is 15.1. The number of hydrogen-bond donors (Lipinski definition) is 1. The van der Waals surface area contributed by atoms with Crippen molar-refractivity contribution < 1.29 is 4.74 Å². The van der Waals surface area contributed by atoms with Gasteiger partial charge in [-0.15, -0.1) is 0 Å². The van der Waals surface area contributed by atoms with Crippen LogP contribution in [0.4, 0.5) is 0 Å². The highest BCUT2D eigenvalue weighted by molar-refractivity contribution is 5.18. The van der Waals surface area contributed by atoms with Crippen molar-refractivity contribution in [2.45, 2.75) is 32.9 Å². The first kappa shape index (κ1) is 13.2. The van der Waals surface area contributed by atoms with Gasteiger partial charge in [0.2, 0.25) is 0 Å². The van der Waals surface area contributed by atoms with Crippen molar-refractivity contribution in [3.63, 3.8) is 0 Å². The van der Waals surface area contributed by atoms with E-state index in [2.05, 4.69) is 50.4 Å². The molecule has 0 fully saturated rings. The Morgan fingerprint density at radius 1 is 1.12 bits per heavy atom. The molecule has 1 aromatic carbocycles. The second-order valence-corrected chi connectivity index (χ2v) is 4.60. The second-order valence-electron chi connectivity index (χ2n) is 4.60. The summed E-state index contributed by atoms with van der Waals surface area (Å²) >= 11 is 0. The molecule has 0 aromatic heterocycles. The molecule has 2 atom stereocenters. The Balaban J connectivity index is 2.58. The Bertz CT molecular complexity index is 284. The maximum absolute atomic E-state index is 5.24.